The van der Waals surface area contributed by atoms with Gasteiger partial charge in [0.1, 0.15) is 23.1 Å². The number of halogens is 1. The number of hydrogen-bond acceptors (Lipinski definition) is 5. The largest absolute Gasteiger partial charge is 0.441 e. The van der Waals surface area contributed by atoms with E-state index in [1.165, 1.54) is 12.1 Å². The zero-order chi connectivity index (χ0) is 17.9. The molecule has 0 radical (unpaired) electrons. The summed E-state index contributed by atoms with van der Waals surface area (Å²) in [6, 6.07) is 13.5. The van der Waals surface area contributed by atoms with Gasteiger partial charge < -0.3 is 14.6 Å². The highest BCUT2D eigenvalue weighted by molar-refractivity contribution is 6.39. The van der Waals surface area contributed by atoms with Gasteiger partial charge in [-0.15, -0.1) is 0 Å². The van der Waals surface area contributed by atoms with Crippen molar-refractivity contribution in [2.75, 3.05) is 0 Å². The monoisotopic (exact) mass is 353 g/mol. The van der Waals surface area contributed by atoms with Gasteiger partial charge in [-0.3, -0.25) is 4.79 Å². The summed E-state index contributed by atoms with van der Waals surface area (Å²) < 4.78 is 18.6. The summed E-state index contributed by atoms with van der Waals surface area (Å²) in [5, 5.41) is 6.62. The zero-order valence-electron chi connectivity index (χ0n) is 13.8. The van der Waals surface area contributed by atoms with E-state index < -0.39 is 0 Å². The second kappa shape index (κ2) is 6.95. The number of fused-ring (bicyclic) bond motifs is 1. The highest BCUT2D eigenvalue weighted by Gasteiger charge is 2.27. The quantitative estimate of drug-likeness (QED) is 0.765. The molecule has 0 saturated heterocycles. The molecule has 6 nitrogen and oxygen atoms in total. The van der Waals surface area contributed by atoms with Crippen molar-refractivity contribution in [1.29, 1.82) is 0 Å². The summed E-state index contributed by atoms with van der Waals surface area (Å²) in [5.41, 5.74) is 2.65. The maximum absolute atomic E-state index is 12.9. The van der Waals surface area contributed by atoms with Gasteiger partial charge in [0.15, 0.2) is 11.5 Å². The van der Waals surface area contributed by atoms with Gasteiger partial charge in [-0.25, -0.2) is 9.37 Å². The Morgan fingerprint density at radius 2 is 2.00 bits per heavy atom. The van der Waals surface area contributed by atoms with Gasteiger partial charge in [0.2, 0.25) is 0 Å². The van der Waals surface area contributed by atoms with Crippen molar-refractivity contribution in [3.63, 3.8) is 0 Å². The van der Waals surface area contributed by atoms with Crippen LogP contribution in [0, 0.1) is 5.82 Å². The molecule has 1 aromatic heterocycles. The molecule has 2 aromatic carbocycles. The van der Waals surface area contributed by atoms with Gasteiger partial charge in [0.25, 0.3) is 5.91 Å². The fraction of sp³-hybridized carbons (Fsp3) is 0.211. The minimum atomic E-state index is -0.310. The third-order valence-electron chi connectivity index (χ3n) is 4.10. The molecule has 3 aromatic rings. The molecule has 0 bridgehead atoms. The smallest absolute Gasteiger partial charge is 0.269 e. The third-order valence-corrected chi connectivity index (χ3v) is 4.10. The predicted octanol–water partition coefficient (Wildman–Crippen LogP) is 2.97. The molecule has 1 aliphatic rings. The van der Waals surface area contributed by atoms with E-state index in [-0.39, 0.29) is 17.8 Å². The van der Waals surface area contributed by atoms with Crippen molar-refractivity contribution < 1.29 is 18.4 Å². The normalized spacial score (nSPS) is 16.3. The van der Waals surface area contributed by atoms with E-state index in [9.17, 15) is 9.18 Å². The lowest BCUT2D eigenvalue weighted by Crippen LogP contribution is -2.30. The van der Waals surface area contributed by atoms with Crippen molar-refractivity contribution >= 4 is 22.7 Å². The number of aromatic nitrogens is 1. The lowest BCUT2D eigenvalue weighted by molar-refractivity contribution is -0.115. The summed E-state index contributed by atoms with van der Waals surface area (Å²) in [6.45, 7) is 0.300. The van der Waals surface area contributed by atoms with Gasteiger partial charge in [-0.1, -0.05) is 29.4 Å². The minimum Gasteiger partial charge on any atom is -0.441 e. The number of nitrogens with one attached hydrogen (secondary N) is 1. The molecular formula is C19H16FN3O3. The molecule has 1 atom stereocenters. The summed E-state index contributed by atoms with van der Waals surface area (Å²) in [5.74, 6) is -0.0514. The molecule has 0 spiro atoms. The Morgan fingerprint density at radius 3 is 2.81 bits per heavy atom. The van der Waals surface area contributed by atoms with E-state index in [1.54, 1.807) is 12.1 Å². The Bertz CT molecular complexity index is 933. The molecule has 7 heteroatoms. The number of oxazole rings is 1. The summed E-state index contributed by atoms with van der Waals surface area (Å²) in [6.07, 6.45) is 0.538. The average Bonchev–Trinajstić information content (AvgIpc) is 3.27. The number of oxime groups is 1. The highest BCUT2D eigenvalue weighted by Crippen LogP contribution is 2.20. The molecule has 0 saturated carbocycles. The molecule has 132 valence electrons. The van der Waals surface area contributed by atoms with Gasteiger partial charge in [-0.05, 0) is 29.8 Å². The van der Waals surface area contributed by atoms with Gasteiger partial charge in [0.05, 0.1) is 6.42 Å². The third kappa shape index (κ3) is 3.56. The standard InChI is InChI=1S/C19H16FN3O3/c20-13-7-5-12(6-8-13)11-21-19(24)16-9-14(26-23-16)10-18-22-15-3-1-2-4-17(15)25-18/h1-8,14H,9-11H2,(H,21,24)/t14-/m0/s1. The molecule has 4 rings (SSSR count). The predicted molar refractivity (Wildman–Crippen MR) is 92.9 cm³/mol. The molecular weight excluding hydrogens is 337 g/mol. The molecule has 1 N–H and O–H groups in total. The highest BCUT2D eigenvalue weighted by atomic mass is 19.1. The van der Waals surface area contributed by atoms with Crippen LogP contribution < -0.4 is 5.32 Å². The van der Waals surface area contributed by atoms with Crippen LogP contribution in [0.5, 0.6) is 0 Å². The number of benzene rings is 2. The summed E-state index contributed by atoms with van der Waals surface area (Å²) >= 11 is 0. The Balaban J connectivity index is 1.31. The summed E-state index contributed by atoms with van der Waals surface area (Å²) in [7, 11) is 0. The number of rotatable bonds is 5. The Hall–Kier alpha value is -3.22. The van der Waals surface area contributed by atoms with E-state index in [0.717, 1.165) is 16.7 Å². The number of nitrogens with zero attached hydrogens (tertiary/aromatic N) is 2. The van der Waals surface area contributed by atoms with Crippen LogP contribution in [0.3, 0.4) is 0 Å². The number of carbonyl (C=O) groups excluding carboxylic acids is 1. The number of hydrogen-bond donors (Lipinski definition) is 1. The number of para-hydroxylation sites is 2. The van der Waals surface area contributed by atoms with Crippen LogP contribution in [0.1, 0.15) is 17.9 Å². The van der Waals surface area contributed by atoms with E-state index in [0.29, 0.717) is 31.0 Å². The second-order valence-electron chi connectivity index (χ2n) is 6.06. The first-order chi connectivity index (χ1) is 12.7. The first kappa shape index (κ1) is 16.3. The molecule has 0 unspecified atom stereocenters. The lowest BCUT2D eigenvalue weighted by atomic mass is 10.1. The van der Waals surface area contributed by atoms with E-state index in [1.807, 2.05) is 24.3 Å². The van der Waals surface area contributed by atoms with Crippen LogP contribution in [0.15, 0.2) is 58.1 Å². The molecule has 26 heavy (non-hydrogen) atoms. The maximum atomic E-state index is 12.9. The van der Waals surface area contributed by atoms with E-state index >= 15 is 0 Å². The Morgan fingerprint density at radius 1 is 1.19 bits per heavy atom. The van der Waals surface area contributed by atoms with Crippen molar-refractivity contribution in [2.45, 2.75) is 25.5 Å². The van der Waals surface area contributed by atoms with Crippen LogP contribution in [0.2, 0.25) is 0 Å². The zero-order valence-corrected chi connectivity index (χ0v) is 13.8. The Kier molecular flexibility index (Phi) is 4.35. The lowest BCUT2D eigenvalue weighted by Gasteiger charge is -2.05. The Labute approximate surface area is 148 Å². The fourth-order valence-electron chi connectivity index (χ4n) is 2.76. The van der Waals surface area contributed by atoms with E-state index in [4.69, 9.17) is 9.25 Å². The van der Waals surface area contributed by atoms with Crippen molar-refractivity contribution in [3.05, 3.63) is 65.8 Å². The second-order valence-corrected chi connectivity index (χ2v) is 6.06. The number of carbonyl (C=O) groups is 1. The fourth-order valence-corrected chi connectivity index (χ4v) is 2.76. The molecule has 2 heterocycles. The van der Waals surface area contributed by atoms with Crippen LogP contribution in [0.25, 0.3) is 11.1 Å². The molecule has 0 fully saturated rings. The molecule has 1 amide bonds. The van der Waals surface area contributed by atoms with Crippen molar-refractivity contribution in [2.24, 2.45) is 5.16 Å². The van der Waals surface area contributed by atoms with Crippen LogP contribution in [0.4, 0.5) is 4.39 Å². The van der Waals surface area contributed by atoms with Gasteiger partial charge >= 0.3 is 0 Å². The van der Waals surface area contributed by atoms with Crippen molar-refractivity contribution in [3.8, 4) is 0 Å². The molecule has 1 aliphatic heterocycles. The van der Waals surface area contributed by atoms with E-state index in [2.05, 4.69) is 15.5 Å². The van der Waals surface area contributed by atoms with Crippen molar-refractivity contribution in [1.82, 2.24) is 10.3 Å². The minimum absolute atomic E-state index is 0.283. The van der Waals surface area contributed by atoms with Crippen LogP contribution in [-0.2, 0) is 22.6 Å². The first-order valence-corrected chi connectivity index (χ1v) is 8.27. The van der Waals surface area contributed by atoms with Gasteiger partial charge in [-0.2, -0.15) is 0 Å². The topological polar surface area (TPSA) is 76.7 Å². The SMILES string of the molecule is O=C(NCc1ccc(F)cc1)C1=NO[C@H](Cc2nc3ccccc3o2)C1. The maximum Gasteiger partial charge on any atom is 0.269 e. The van der Waals surface area contributed by atoms with Crippen LogP contribution in [-0.4, -0.2) is 22.7 Å². The number of amides is 1. The molecule has 0 aliphatic carbocycles. The van der Waals surface area contributed by atoms with Crippen LogP contribution >= 0.6 is 0 Å². The summed E-state index contributed by atoms with van der Waals surface area (Å²) in [4.78, 5) is 21.9. The van der Waals surface area contributed by atoms with Gasteiger partial charge in [0, 0.05) is 13.0 Å². The average molecular weight is 353 g/mol. The first-order valence-electron chi connectivity index (χ1n) is 8.27.